The molecule has 0 spiro atoms. The lowest BCUT2D eigenvalue weighted by molar-refractivity contribution is -0.144. The van der Waals surface area contributed by atoms with Gasteiger partial charge in [0, 0.05) is 0 Å². The molecule has 2 rings (SSSR count). The highest BCUT2D eigenvalue weighted by Crippen LogP contribution is 2.32. The molecule has 82 valence electrons. The van der Waals surface area contributed by atoms with Gasteiger partial charge in [0.2, 0.25) is 0 Å². The largest absolute Gasteiger partial charge is 0.481 e. The van der Waals surface area contributed by atoms with Gasteiger partial charge in [-0.05, 0) is 26.4 Å². The number of hydrogen-bond donors (Lipinski definition) is 1. The lowest BCUT2D eigenvalue weighted by Crippen LogP contribution is -2.36. The summed E-state index contributed by atoms with van der Waals surface area (Å²) in [5, 5.41) is 8.98. The number of oxazole rings is 1. The molecular weight excluding hydrogens is 196 g/mol. The Labute approximate surface area is 87.7 Å². The number of aromatic nitrogens is 1. The molecule has 0 amide bonds. The van der Waals surface area contributed by atoms with Crippen LogP contribution in [0.25, 0.3) is 0 Å². The van der Waals surface area contributed by atoms with E-state index in [1.165, 1.54) is 6.39 Å². The number of piperidine rings is 1. The molecule has 0 bridgehead atoms. The molecule has 0 saturated carbocycles. The Morgan fingerprint density at radius 2 is 2.53 bits per heavy atom. The third-order valence-electron chi connectivity index (χ3n) is 3.00. The van der Waals surface area contributed by atoms with Crippen molar-refractivity contribution in [2.24, 2.45) is 5.92 Å². The maximum absolute atomic E-state index is 10.9. The molecule has 1 aromatic rings. The van der Waals surface area contributed by atoms with Crippen LogP contribution in [0.15, 0.2) is 17.0 Å². The van der Waals surface area contributed by atoms with Gasteiger partial charge >= 0.3 is 5.97 Å². The lowest BCUT2D eigenvalue weighted by atomic mass is 9.90. The van der Waals surface area contributed by atoms with Crippen molar-refractivity contribution in [1.29, 1.82) is 0 Å². The van der Waals surface area contributed by atoms with Gasteiger partial charge in [0.25, 0.3) is 0 Å². The first-order chi connectivity index (χ1) is 7.18. The zero-order valence-electron chi connectivity index (χ0n) is 8.59. The number of hydrogen-bond acceptors (Lipinski definition) is 4. The predicted molar refractivity (Wildman–Crippen MR) is 52.2 cm³/mol. The van der Waals surface area contributed by atoms with E-state index in [-0.39, 0.29) is 12.0 Å². The summed E-state index contributed by atoms with van der Waals surface area (Å²) in [5.74, 6) is -0.229. The van der Waals surface area contributed by atoms with Crippen LogP contribution in [0.3, 0.4) is 0 Å². The van der Waals surface area contributed by atoms with Gasteiger partial charge in [-0.25, -0.2) is 4.98 Å². The summed E-state index contributed by atoms with van der Waals surface area (Å²) < 4.78 is 5.23. The number of nitrogens with zero attached hydrogens (tertiary/aromatic N) is 2. The van der Waals surface area contributed by atoms with Crippen molar-refractivity contribution < 1.29 is 14.3 Å². The van der Waals surface area contributed by atoms with Gasteiger partial charge in [0.15, 0.2) is 6.39 Å². The molecule has 0 radical (unpaired) electrons. The highest BCUT2D eigenvalue weighted by Gasteiger charge is 2.32. The second-order valence-corrected chi connectivity index (χ2v) is 3.96. The molecule has 1 saturated heterocycles. The minimum absolute atomic E-state index is 0.0438. The smallest absolute Gasteiger partial charge is 0.306 e. The molecule has 1 aliphatic heterocycles. The highest BCUT2D eigenvalue weighted by atomic mass is 16.4. The zero-order valence-corrected chi connectivity index (χ0v) is 8.59. The number of carbonyl (C=O) groups is 1. The zero-order chi connectivity index (χ0) is 10.8. The summed E-state index contributed by atoms with van der Waals surface area (Å²) in [6.07, 6.45) is 4.34. The van der Waals surface area contributed by atoms with Crippen LogP contribution in [0.1, 0.15) is 24.6 Å². The van der Waals surface area contributed by atoms with Crippen molar-refractivity contribution in [2.45, 2.75) is 18.9 Å². The Morgan fingerprint density at radius 3 is 3.13 bits per heavy atom. The van der Waals surface area contributed by atoms with Gasteiger partial charge in [0.1, 0.15) is 5.76 Å². The maximum atomic E-state index is 10.9. The Kier molecular flexibility index (Phi) is 2.73. The number of carboxylic acid groups (broad SMARTS) is 1. The molecule has 0 aromatic carbocycles. The van der Waals surface area contributed by atoms with Crippen LogP contribution in [-0.2, 0) is 4.79 Å². The van der Waals surface area contributed by atoms with E-state index in [4.69, 9.17) is 9.52 Å². The summed E-state index contributed by atoms with van der Waals surface area (Å²) >= 11 is 0. The van der Waals surface area contributed by atoms with E-state index in [9.17, 15) is 4.79 Å². The summed E-state index contributed by atoms with van der Waals surface area (Å²) in [7, 11) is 1.98. The van der Waals surface area contributed by atoms with Crippen molar-refractivity contribution in [3.8, 4) is 0 Å². The Bertz CT molecular complexity index is 336. The Hall–Kier alpha value is -1.36. The van der Waals surface area contributed by atoms with Crippen molar-refractivity contribution in [2.75, 3.05) is 13.6 Å². The van der Waals surface area contributed by atoms with Crippen LogP contribution in [0.4, 0.5) is 0 Å². The quantitative estimate of drug-likeness (QED) is 0.792. The summed E-state index contributed by atoms with van der Waals surface area (Å²) in [6, 6.07) is 0.0438. The third kappa shape index (κ3) is 2.02. The molecule has 1 N–H and O–H groups in total. The van der Waals surface area contributed by atoms with Gasteiger partial charge in [-0.1, -0.05) is 0 Å². The van der Waals surface area contributed by atoms with Crippen molar-refractivity contribution in [1.82, 2.24) is 9.88 Å². The van der Waals surface area contributed by atoms with Crippen LogP contribution in [0.5, 0.6) is 0 Å². The van der Waals surface area contributed by atoms with E-state index in [0.29, 0.717) is 12.8 Å². The van der Waals surface area contributed by atoms with Crippen LogP contribution in [0, 0.1) is 5.92 Å². The average Bonchev–Trinajstić information content (AvgIpc) is 2.71. The first-order valence-corrected chi connectivity index (χ1v) is 5.00. The molecule has 2 heterocycles. The maximum Gasteiger partial charge on any atom is 0.306 e. The van der Waals surface area contributed by atoms with E-state index >= 15 is 0 Å². The molecule has 0 aliphatic carbocycles. The number of rotatable bonds is 2. The summed E-state index contributed by atoms with van der Waals surface area (Å²) in [4.78, 5) is 16.9. The topological polar surface area (TPSA) is 66.6 Å². The standard InChI is InChI=1S/C10H14N2O3/c1-12-3-2-7(10(13)14)4-8(12)9-5-11-6-15-9/h5-8H,2-4H2,1H3,(H,13,14). The fourth-order valence-electron chi connectivity index (χ4n) is 2.03. The first kappa shape index (κ1) is 10.2. The molecule has 1 fully saturated rings. The third-order valence-corrected chi connectivity index (χ3v) is 3.00. The number of aliphatic carboxylic acids is 1. The molecule has 15 heavy (non-hydrogen) atoms. The number of carboxylic acids is 1. The fraction of sp³-hybridized carbons (Fsp3) is 0.600. The molecule has 1 aliphatic rings. The van der Waals surface area contributed by atoms with Gasteiger partial charge in [0.05, 0.1) is 18.2 Å². The normalized spacial score (nSPS) is 27.8. The minimum atomic E-state index is -0.715. The summed E-state index contributed by atoms with van der Waals surface area (Å²) in [5.41, 5.74) is 0. The first-order valence-electron chi connectivity index (χ1n) is 5.00. The van der Waals surface area contributed by atoms with Crippen molar-refractivity contribution in [3.05, 3.63) is 18.4 Å². The van der Waals surface area contributed by atoms with Gasteiger partial charge < -0.3 is 9.52 Å². The lowest BCUT2D eigenvalue weighted by Gasteiger charge is -2.33. The van der Waals surface area contributed by atoms with Crippen LogP contribution in [0.2, 0.25) is 0 Å². The van der Waals surface area contributed by atoms with Gasteiger partial charge in [-0.15, -0.1) is 0 Å². The van der Waals surface area contributed by atoms with Gasteiger partial charge in [-0.3, -0.25) is 9.69 Å². The van der Waals surface area contributed by atoms with E-state index in [1.54, 1.807) is 6.20 Å². The van der Waals surface area contributed by atoms with Crippen molar-refractivity contribution >= 4 is 5.97 Å². The second kappa shape index (κ2) is 4.02. The average molecular weight is 210 g/mol. The molecule has 2 atom stereocenters. The molecule has 2 unspecified atom stereocenters. The SMILES string of the molecule is CN1CCC(C(=O)O)CC1c1cnco1. The van der Waals surface area contributed by atoms with E-state index in [1.807, 2.05) is 7.05 Å². The monoisotopic (exact) mass is 210 g/mol. The summed E-state index contributed by atoms with van der Waals surface area (Å²) in [6.45, 7) is 0.780. The van der Waals surface area contributed by atoms with Crippen LogP contribution < -0.4 is 0 Å². The van der Waals surface area contributed by atoms with Crippen LogP contribution >= 0.6 is 0 Å². The fourth-order valence-corrected chi connectivity index (χ4v) is 2.03. The Morgan fingerprint density at radius 1 is 1.73 bits per heavy atom. The minimum Gasteiger partial charge on any atom is -0.481 e. The molecular formula is C10H14N2O3. The van der Waals surface area contributed by atoms with E-state index < -0.39 is 5.97 Å². The van der Waals surface area contributed by atoms with Crippen LogP contribution in [-0.4, -0.2) is 34.6 Å². The molecule has 5 nitrogen and oxygen atoms in total. The molecule has 5 heteroatoms. The van der Waals surface area contributed by atoms with E-state index in [0.717, 1.165) is 12.3 Å². The predicted octanol–water partition coefficient (Wildman–Crippen LogP) is 1.14. The van der Waals surface area contributed by atoms with E-state index in [2.05, 4.69) is 9.88 Å². The van der Waals surface area contributed by atoms with Crippen molar-refractivity contribution in [3.63, 3.8) is 0 Å². The molecule has 1 aromatic heterocycles. The highest BCUT2D eigenvalue weighted by molar-refractivity contribution is 5.70. The second-order valence-electron chi connectivity index (χ2n) is 3.96. The van der Waals surface area contributed by atoms with Gasteiger partial charge in [-0.2, -0.15) is 0 Å². The Balaban J connectivity index is 2.12. The number of likely N-dealkylation sites (tertiary alicyclic amines) is 1.